The molecule has 84 valence electrons. The molecule has 0 saturated carbocycles. The summed E-state index contributed by atoms with van der Waals surface area (Å²) >= 11 is 0. The molecule has 0 aliphatic carbocycles. The molecule has 0 aliphatic heterocycles. The van der Waals surface area contributed by atoms with E-state index in [9.17, 15) is 4.79 Å². The lowest BCUT2D eigenvalue weighted by Gasteiger charge is -2.07. The first-order chi connectivity index (χ1) is 7.63. The number of anilines is 1. The molecule has 16 heavy (non-hydrogen) atoms. The number of carbonyl (C=O) groups is 1. The molecule has 0 saturated heterocycles. The van der Waals surface area contributed by atoms with E-state index in [1.807, 2.05) is 6.92 Å². The van der Waals surface area contributed by atoms with Gasteiger partial charge in [0.15, 0.2) is 6.10 Å². The first kappa shape index (κ1) is 12.1. The van der Waals surface area contributed by atoms with Gasteiger partial charge in [-0.3, -0.25) is 0 Å². The third kappa shape index (κ3) is 3.66. The van der Waals surface area contributed by atoms with Crippen LogP contribution in [0.3, 0.4) is 0 Å². The van der Waals surface area contributed by atoms with Gasteiger partial charge in [-0.2, -0.15) is 0 Å². The SMILES string of the molecule is CCC#CC(C)OC(=O)c1ccc(N)cc1. The molecule has 1 atom stereocenters. The monoisotopic (exact) mass is 217 g/mol. The largest absolute Gasteiger partial charge is 0.446 e. The summed E-state index contributed by atoms with van der Waals surface area (Å²) in [6, 6.07) is 6.60. The van der Waals surface area contributed by atoms with Gasteiger partial charge < -0.3 is 10.5 Å². The molecule has 3 nitrogen and oxygen atoms in total. The number of ether oxygens (including phenoxy) is 1. The summed E-state index contributed by atoms with van der Waals surface area (Å²) in [6.45, 7) is 3.69. The van der Waals surface area contributed by atoms with Crippen LogP contribution in [0.2, 0.25) is 0 Å². The second-order valence-corrected chi connectivity index (χ2v) is 3.34. The summed E-state index contributed by atoms with van der Waals surface area (Å²) in [5, 5.41) is 0. The van der Waals surface area contributed by atoms with Crippen molar-refractivity contribution < 1.29 is 9.53 Å². The smallest absolute Gasteiger partial charge is 0.339 e. The van der Waals surface area contributed by atoms with Crippen LogP contribution in [0.4, 0.5) is 5.69 Å². The minimum absolute atomic E-state index is 0.377. The lowest BCUT2D eigenvalue weighted by atomic mass is 10.2. The van der Waals surface area contributed by atoms with E-state index in [1.54, 1.807) is 31.2 Å². The quantitative estimate of drug-likeness (QED) is 0.469. The van der Waals surface area contributed by atoms with Crippen molar-refractivity contribution in [2.75, 3.05) is 5.73 Å². The standard InChI is InChI=1S/C13H15NO2/c1-3-4-5-10(2)16-13(15)11-6-8-12(14)9-7-11/h6-10H,3,14H2,1-2H3. The van der Waals surface area contributed by atoms with Crippen molar-refractivity contribution in [3.05, 3.63) is 29.8 Å². The Labute approximate surface area is 95.6 Å². The van der Waals surface area contributed by atoms with E-state index < -0.39 is 0 Å². The number of nitrogens with two attached hydrogens (primary N) is 1. The molecule has 0 bridgehead atoms. The number of rotatable bonds is 2. The highest BCUT2D eigenvalue weighted by Gasteiger charge is 2.09. The summed E-state index contributed by atoms with van der Waals surface area (Å²) in [6.07, 6.45) is 0.369. The van der Waals surface area contributed by atoms with Crippen molar-refractivity contribution in [1.29, 1.82) is 0 Å². The van der Waals surface area contributed by atoms with Crippen LogP contribution in [0.1, 0.15) is 30.6 Å². The number of carbonyl (C=O) groups excluding carboxylic acids is 1. The molecule has 0 radical (unpaired) electrons. The van der Waals surface area contributed by atoms with Crippen molar-refractivity contribution >= 4 is 11.7 Å². The zero-order valence-electron chi connectivity index (χ0n) is 9.49. The predicted molar refractivity (Wildman–Crippen MR) is 63.8 cm³/mol. The summed E-state index contributed by atoms with van der Waals surface area (Å²) in [7, 11) is 0. The van der Waals surface area contributed by atoms with E-state index in [-0.39, 0.29) is 12.1 Å². The number of hydrogen-bond acceptors (Lipinski definition) is 3. The second-order valence-electron chi connectivity index (χ2n) is 3.34. The van der Waals surface area contributed by atoms with Crippen molar-refractivity contribution in [2.24, 2.45) is 0 Å². The molecule has 3 heteroatoms. The molecule has 0 amide bonds. The Morgan fingerprint density at radius 3 is 2.62 bits per heavy atom. The van der Waals surface area contributed by atoms with Gasteiger partial charge in [0.25, 0.3) is 0 Å². The molecule has 1 aromatic rings. The average Bonchev–Trinajstić information content (AvgIpc) is 2.27. The fourth-order valence-corrected chi connectivity index (χ4v) is 1.12. The Hall–Kier alpha value is -1.95. The molecule has 0 heterocycles. The van der Waals surface area contributed by atoms with Crippen molar-refractivity contribution in [1.82, 2.24) is 0 Å². The summed E-state index contributed by atoms with van der Waals surface area (Å²) < 4.78 is 5.12. The molecule has 1 aromatic carbocycles. The van der Waals surface area contributed by atoms with Gasteiger partial charge in [0.1, 0.15) is 0 Å². The number of benzene rings is 1. The normalized spacial score (nSPS) is 11.1. The Morgan fingerprint density at radius 1 is 1.44 bits per heavy atom. The zero-order valence-corrected chi connectivity index (χ0v) is 9.49. The summed E-state index contributed by atoms with van der Waals surface area (Å²) in [5.74, 6) is 5.32. The Kier molecular flexibility index (Phi) is 4.41. The van der Waals surface area contributed by atoms with Crippen LogP contribution < -0.4 is 5.73 Å². The first-order valence-corrected chi connectivity index (χ1v) is 5.18. The molecule has 1 unspecified atom stereocenters. The van der Waals surface area contributed by atoms with Crippen molar-refractivity contribution in [3.8, 4) is 11.8 Å². The fraction of sp³-hybridized carbons (Fsp3) is 0.308. The van der Waals surface area contributed by atoms with Gasteiger partial charge in [0.2, 0.25) is 0 Å². The molecule has 0 spiro atoms. The lowest BCUT2D eigenvalue weighted by Crippen LogP contribution is -2.13. The third-order valence-corrected chi connectivity index (χ3v) is 1.91. The van der Waals surface area contributed by atoms with Gasteiger partial charge in [-0.25, -0.2) is 4.79 Å². The highest BCUT2D eigenvalue weighted by Crippen LogP contribution is 2.07. The lowest BCUT2D eigenvalue weighted by molar-refractivity contribution is 0.0438. The molecule has 0 aromatic heterocycles. The third-order valence-electron chi connectivity index (χ3n) is 1.91. The average molecular weight is 217 g/mol. The van der Waals surface area contributed by atoms with Crippen LogP contribution in [0, 0.1) is 11.8 Å². The minimum Gasteiger partial charge on any atom is -0.446 e. The van der Waals surface area contributed by atoms with E-state index in [1.165, 1.54) is 0 Å². The van der Waals surface area contributed by atoms with Gasteiger partial charge >= 0.3 is 5.97 Å². The van der Waals surface area contributed by atoms with Gasteiger partial charge in [-0.15, -0.1) is 0 Å². The van der Waals surface area contributed by atoms with Gasteiger partial charge in [-0.1, -0.05) is 18.8 Å². The van der Waals surface area contributed by atoms with E-state index in [4.69, 9.17) is 10.5 Å². The topological polar surface area (TPSA) is 52.3 Å². The minimum atomic E-state index is -0.384. The maximum Gasteiger partial charge on any atom is 0.339 e. The second kappa shape index (κ2) is 5.82. The maximum atomic E-state index is 11.6. The first-order valence-electron chi connectivity index (χ1n) is 5.18. The van der Waals surface area contributed by atoms with Crippen LogP contribution in [-0.2, 0) is 4.74 Å². The fourth-order valence-electron chi connectivity index (χ4n) is 1.12. The zero-order chi connectivity index (χ0) is 12.0. The molecule has 2 N–H and O–H groups in total. The van der Waals surface area contributed by atoms with Crippen LogP contribution in [0.25, 0.3) is 0 Å². The Bertz CT molecular complexity index is 412. The molecular formula is C13H15NO2. The van der Waals surface area contributed by atoms with Gasteiger partial charge in [-0.05, 0) is 31.2 Å². The Balaban J connectivity index is 2.62. The molecule has 1 rings (SSSR count). The summed E-state index contributed by atoms with van der Waals surface area (Å²) in [4.78, 5) is 11.6. The molecule has 0 aliphatic rings. The molecule has 0 fully saturated rings. The van der Waals surface area contributed by atoms with E-state index in [0.29, 0.717) is 11.3 Å². The Morgan fingerprint density at radius 2 is 2.06 bits per heavy atom. The van der Waals surface area contributed by atoms with E-state index in [2.05, 4.69) is 11.8 Å². The summed E-state index contributed by atoms with van der Waals surface area (Å²) in [5.41, 5.74) is 6.63. The number of esters is 1. The molecular weight excluding hydrogens is 202 g/mol. The van der Waals surface area contributed by atoms with Crippen LogP contribution >= 0.6 is 0 Å². The van der Waals surface area contributed by atoms with Crippen LogP contribution in [-0.4, -0.2) is 12.1 Å². The highest BCUT2D eigenvalue weighted by atomic mass is 16.5. The van der Waals surface area contributed by atoms with Crippen molar-refractivity contribution in [3.63, 3.8) is 0 Å². The van der Waals surface area contributed by atoms with Gasteiger partial charge in [0, 0.05) is 12.1 Å². The predicted octanol–water partition coefficient (Wildman–Crippen LogP) is 2.23. The van der Waals surface area contributed by atoms with E-state index in [0.717, 1.165) is 6.42 Å². The van der Waals surface area contributed by atoms with Crippen LogP contribution in [0.15, 0.2) is 24.3 Å². The highest BCUT2D eigenvalue weighted by molar-refractivity contribution is 5.90. The van der Waals surface area contributed by atoms with Crippen molar-refractivity contribution in [2.45, 2.75) is 26.4 Å². The number of nitrogen functional groups attached to an aromatic ring is 1. The number of hydrogen-bond donors (Lipinski definition) is 1. The van der Waals surface area contributed by atoms with Gasteiger partial charge in [0.05, 0.1) is 5.56 Å². The maximum absolute atomic E-state index is 11.6. The van der Waals surface area contributed by atoms with E-state index >= 15 is 0 Å². The van der Waals surface area contributed by atoms with Crippen LogP contribution in [0.5, 0.6) is 0 Å².